The standard InChI is InChI=1S/C16H13Cl2N3O7/c1-26-16(23)19-4-5-27-15(22)11-7-10(2-3-13(11)21(24)25)28-14-12(18)6-9(17)8-20-14/h2-3,6-8H,4-5H2,1H3,(H,19,23). The van der Waals surface area contributed by atoms with Crippen molar-refractivity contribution in [2.24, 2.45) is 0 Å². The Bertz CT molecular complexity index is 908. The van der Waals surface area contributed by atoms with Crippen molar-refractivity contribution in [1.82, 2.24) is 10.3 Å². The molecule has 0 unspecified atom stereocenters. The number of nitrogens with zero attached hydrogens (tertiary/aromatic N) is 2. The number of halogens is 2. The molecule has 0 radical (unpaired) electrons. The van der Waals surface area contributed by atoms with Crippen LogP contribution in [0.25, 0.3) is 0 Å². The number of pyridine rings is 1. The molecule has 0 saturated heterocycles. The van der Waals surface area contributed by atoms with Gasteiger partial charge in [0.2, 0.25) is 5.88 Å². The number of hydrogen-bond acceptors (Lipinski definition) is 8. The van der Waals surface area contributed by atoms with E-state index in [9.17, 15) is 19.7 Å². The first kappa shape index (κ1) is 21.2. The molecule has 0 aliphatic carbocycles. The number of nitro benzene ring substituents is 1. The van der Waals surface area contributed by atoms with Gasteiger partial charge in [0.15, 0.2) is 0 Å². The summed E-state index contributed by atoms with van der Waals surface area (Å²) in [5.74, 6) is -0.901. The molecule has 0 aliphatic heterocycles. The number of nitrogens with one attached hydrogen (secondary N) is 1. The SMILES string of the molecule is COC(=O)NCCOC(=O)c1cc(Oc2ncc(Cl)cc2Cl)ccc1[N+](=O)[O-]. The average molecular weight is 430 g/mol. The lowest BCUT2D eigenvalue weighted by Crippen LogP contribution is -2.27. The van der Waals surface area contributed by atoms with Gasteiger partial charge in [-0.1, -0.05) is 23.2 Å². The Morgan fingerprint density at radius 2 is 2.04 bits per heavy atom. The van der Waals surface area contributed by atoms with E-state index in [1.807, 2.05) is 0 Å². The Morgan fingerprint density at radius 1 is 1.29 bits per heavy atom. The molecule has 0 fully saturated rings. The Labute approximate surface area is 168 Å². The van der Waals surface area contributed by atoms with Crippen molar-refractivity contribution < 1.29 is 28.7 Å². The second-order valence-corrected chi connectivity index (χ2v) is 5.88. The van der Waals surface area contributed by atoms with Crippen LogP contribution in [0, 0.1) is 10.1 Å². The number of methoxy groups -OCH3 is 1. The van der Waals surface area contributed by atoms with Crippen LogP contribution < -0.4 is 10.1 Å². The highest BCUT2D eigenvalue weighted by atomic mass is 35.5. The number of hydrogen-bond donors (Lipinski definition) is 1. The molecule has 1 N–H and O–H groups in total. The summed E-state index contributed by atoms with van der Waals surface area (Å²) in [5.41, 5.74) is -0.820. The molecule has 0 saturated carbocycles. The minimum Gasteiger partial charge on any atom is -0.460 e. The first-order valence-electron chi connectivity index (χ1n) is 7.58. The predicted molar refractivity (Wildman–Crippen MR) is 98.1 cm³/mol. The molecule has 0 aliphatic rings. The zero-order valence-electron chi connectivity index (χ0n) is 14.3. The molecule has 10 nitrogen and oxygen atoms in total. The Morgan fingerprint density at radius 3 is 2.68 bits per heavy atom. The van der Waals surface area contributed by atoms with Crippen molar-refractivity contribution >= 4 is 41.0 Å². The molecule has 148 valence electrons. The van der Waals surface area contributed by atoms with Crippen molar-refractivity contribution in [3.8, 4) is 11.6 Å². The summed E-state index contributed by atoms with van der Waals surface area (Å²) in [6.45, 7) is -0.257. The van der Waals surface area contributed by atoms with Crippen LogP contribution in [0.5, 0.6) is 11.6 Å². The van der Waals surface area contributed by atoms with E-state index in [0.29, 0.717) is 5.02 Å². The average Bonchev–Trinajstić information content (AvgIpc) is 2.66. The third-order valence-corrected chi connectivity index (χ3v) is 3.64. The highest BCUT2D eigenvalue weighted by Crippen LogP contribution is 2.31. The highest BCUT2D eigenvalue weighted by Gasteiger charge is 2.23. The van der Waals surface area contributed by atoms with Crippen LogP contribution in [-0.2, 0) is 9.47 Å². The summed E-state index contributed by atoms with van der Waals surface area (Å²) in [5, 5.41) is 13.9. The van der Waals surface area contributed by atoms with Gasteiger partial charge in [-0.2, -0.15) is 0 Å². The van der Waals surface area contributed by atoms with Gasteiger partial charge in [-0.3, -0.25) is 10.1 Å². The summed E-state index contributed by atoms with van der Waals surface area (Å²) in [7, 11) is 1.18. The topological polar surface area (TPSA) is 130 Å². The summed E-state index contributed by atoms with van der Waals surface area (Å²) in [4.78, 5) is 37.5. The second kappa shape index (κ2) is 9.72. The molecule has 0 atom stereocenters. The number of esters is 1. The van der Waals surface area contributed by atoms with E-state index in [1.54, 1.807) is 0 Å². The van der Waals surface area contributed by atoms with Crippen LogP contribution in [0.1, 0.15) is 10.4 Å². The molecule has 1 aromatic heterocycles. The Hall–Kier alpha value is -3.11. The van der Waals surface area contributed by atoms with Crippen molar-refractivity contribution in [2.75, 3.05) is 20.3 Å². The molecule has 0 bridgehead atoms. The fourth-order valence-corrected chi connectivity index (χ4v) is 2.36. The van der Waals surface area contributed by atoms with Gasteiger partial charge in [-0.25, -0.2) is 14.6 Å². The number of rotatable bonds is 7. The monoisotopic (exact) mass is 429 g/mol. The predicted octanol–water partition coefficient (Wildman–Crippen LogP) is 3.60. The van der Waals surface area contributed by atoms with Crippen molar-refractivity contribution in [3.63, 3.8) is 0 Å². The van der Waals surface area contributed by atoms with E-state index in [-0.39, 0.29) is 35.4 Å². The quantitative estimate of drug-likeness (QED) is 0.305. The molecule has 12 heteroatoms. The number of amides is 1. The van der Waals surface area contributed by atoms with E-state index < -0.39 is 22.7 Å². The lowest BCUT2D eigenvalue weighted by atomic mass is 10.1. The van der Waals surface area contributed by atoms with Crippen molar-refractivity contribution in [2.45, 2.75) is 0 Å². The number of nitro groups is 1. The number of ether oxygens (including phenoxy) is 3. The molecule has 2 aromatic rings. The van der Waals surface area contributed by atoms with Crippen LogP contribution in [0.15, 0.2) is 30.5 Å². The lowest BCUT2D eigenvalue weighted by Gasteiger charge is -2.09. The molecule has 2 rings (SSSR count). The maximum Gasteiger partial charge on any atom is 0.406 e. The lowest BCUT2D eigenvalue weighted by molar-refractivity contribution is -0.385. The number of aromatic nitrogens is 1. The zero-order valence-corrected chi connectivity index (χ0v) is 15.8. The second-order valence-electron chi connectivity index (χ2n) is 5.03. The van der Waals surface area contributed by atoms with E-state index in [4.69, 9.17) is 32.7 Å². The van der Waals surface area contributed by atoms with Crippen molar-refractivity contribution in [3.05, 3.63) is 56.2 Å². The number of benzene rings is 1. The van der Waals surface area contributed by atoms with Gasteiger partial charge in [0.05, 0.1) is 23.6 Å². The fourth-order valence-electron chi connectivity index (χ4n) is 1.94. The highest BCUT2D eigenvalue weighted by molar-refractivity contribution is 6.35. The van der Waals surface area contributed by atoms with Crippen LogP contribution >= 0.6 is 23.2 Å². The zero-order chi connectivity index (χ0) is 20.7. The van der Waals surface area contributed by atoms with Crippen LogP contribution in [0.3, 0.4) is 0 Å². The molecular weight excluding hydrogens is 417 g/mol. The minimum atomic E-state index is -0.973. The maximum atomic E-state index is 12.2. The number of carbonyl (C=O) groups is 2. The van der Waals surface area contributed by atoms with Gasteiger partial charge in [0.25, 0.3) is 5.69 Å². The van der Waals surface area contributed by atoms with E-state index in [2.05, 4.69) is 15.0 Å². The summed E-state index contributed by atoms with van der Waals surface area (Å²) in [6, 6.07) is 4.89. The van der Waals surface area contributed by atoms with Gasteiger partial charge >= 0.3 is 12.1 Å². The fraction of sp³-hybridized carbons (Fsp3) is 0.188. The minimum absolute atomic E-state index is 0.00140. The first-order valence-corrected chi connectivity index (χ1v) is 8.33. The maximum absolute atomic E-state index is 12.2. The number of alkyl carbamates (subject to hydrolysis) is 1. The van der Waals surface area contributed by atoms with Crippen LogP contribution in [-0.4, -0.2) is 42.2 Å². The van der Waals surface area contributed by atoms with E-state index >= 15 is 0 Å². The van der Waals surface area contributed by atoms with E-state index in [0.717, 1.165) is 12.1 Å². The smallest absolute Gasteiger partial charge is 0.406 e. The van der Waals surface area contributed by atoms with Gasteiger partial charge in [-0.05, 0) is 12.1 Å². The summed E-state index contributed by atoms with van der Waals surface area (Å²) >= 11 is 11.7. The van der Waals surface area contributed by atoms with Gasteiger partial charge in [0.1, 0.15) is 22.9 Å². The van der Waals surface area contributed by atoms with Crippen LogP contribution in [0.4, 0.5) is 10.5 Å². The Kier molecular flexibility index (Phi) is 7.36. The van der Waals surface area contributed by atoms with Gasteiger partial charge in [-0.15, -0.1) is 0 Å². The number of carbonyl (C=O) groups excluding carboxylic acids is 2. The summed E-state index contributed by atoms with van der Waals surface area (Å²) < 4.78 is 14.7. The van der Waals surface area contributed by atoms with Gasteiger partial charge in [0, 0.05) is 18.3 Å². The van der Waals surface area contributed by atoms with Crippen LogP contribution in [0.2, 0.25) is 10.0 Å². The molecule has 0 spiro atoms. The Balaban J connectivity index is 2.17. The normalized spacial score (nSPS) is 10.1. The molecule has 28 heavy (non-hydrogen) atoms. The van der Waals surface area contributed by atoms with Gasteiger partial charge < -0.3 is 19.5 Å². The largest absolute Gasteiger partial charge is 0.460 e. The van der Waals surface area contributed by atoms with E-state index in [1.165, 1.54) is 25.4 Å². The molecule has 1 aromatic carbocycles. The van der Waals surface area contributed by atoms with Crippen molar-refractivity contribution in [1.29, 1.82) is 0 Å². The molecule has 1 heterocycles. The summed E-state index contributed by atoms with van der Waals surface area (Å²) in [6.07, 6.45) is 0.599. The third kappa shape index (κ3) is 5.69. The molecule has 1 amide bonds. The third-order valence-electron chi connectivity index (χ3n) is 3.16. The molecular formula is C16H13Cl2N3O7. The first-order chi connectivity index (χ1) is 13.3.